The molecule has 110 valence electrons. The lowest BCUT2D eigenvalue weighted by molar-refractivity contribution is 0.498. The van der Waals surface area contributed by atoms with Crippen LogP contribution < -0.4 is 10.3 Å². The van der Waals surface area contributed by atoms with Gasteiger partial charge in [0.2, 0.25) is 10.0 Å². The van der Waals surface area contributed by atoms with Gasteiger partial charge in [-0.05, 0) is 25.1 Å². The van der Waals surface area contributed by atoms with Crippen molar-refractivity contribution in [1.82, 2.24) is 19.3 Å². The average Bonchev–Trinajstić information content (AvgIpc) is 3.10. The first-order chi connectivity index (χ1) is 9.97. The van der Waals surface area contributed by atoms with Crippen LogP contribution in [0.1, 0.15) is 11.6 Å². The third-order valence-electron chi connectivity index (χ3n) is 3.02. The van der Waals surface area contributed by atoms with E-state index in [-0.39, 0.29) is 17.0 Å². The number of hydrogen-bond donors (Lipinski definition) is 2. The molecule has 3 aromatic rings. The molecule has 0 aliphatic rings. The first kappa shape index (κ1) is 13.6. The lowest BCUT2D eigenvalue weighted by Crippen LogP contribution is -2.22. The molecule has 0 aromatic carbocycles. The summed E-state index contributed by atoms with van der Waals surface area (Å²) in [7, 11) is -3.74. The summed E-state index contributed by atoms with van der Waals surface area (Å²) in [5, 5.41) is 6.09. The van der Waals surface area contributed by atoms with Crippen LogP contribution in [0.25, 0.3) is 5.52 Å². The first-order valence-corrected chi connectivity index (χ1v) is 7.55. The number of aromatic nitrogens is 3. The summed E-state index contributed by atoms with van der Waals surface area (Å²) in [6.07, 6.45) is 2.82. The van der Waals surface area contributed by atoms with Crippen LogP contribution in [-0.4, -0.2) is 23.0 Å². The summed E-state index contributed by atoms with van der Waals surface area (Å²) in [6, 6.07) is 4.64. The van der Waals surface area contributed by atoms with E-state index in [1.807, 2.05) is 0 Å². The molecule has 21 heavy (non-hydrogen) atoms. The van der Waals surface area contributed by atoms with Crippen LogP contribution in [0.3, 0.4) is 0 Å². The maximum atomic E-state index is 12.2. The van der Waals surface area contributed by atoms with Crippen molar-refractivity contribution >= 4 is 15.5 Å². The van der Waals surface area contributed by atoms with E-state index in [1.165, 1.54) is 22.9 Å². The third kappa shape index (κ3) is 2.48. The van der Waals surface area contributed by atoms with E-state index in [2.05, 4.69) is 14.9 Å². The Morgan fingerprint density at radius 3 is 2.95 bits per heavy atom. The fourth-order valence-corrected chi connectivity index (χ4v) is 2.94. The van der Waals surface area contributed by atoms with Gasteiger partial charge in [-0.1, -0.05) is 0 Å². The normalized spacial score (nSPS) is 12.0. The van der Waals surface area contributed by atoms with Crippen LogP contribution in [0.5, 0.6) is 0 Å². The van der Waals surface area contributed by atoms with Crippen molar-refractivity contribution in [3.63, 3.8) is 0 Å². The van der Waals surface area contributed by atoms with E-state index >= 15 is 0 Å². The maximum Gasteiger partial charge on any atom is 0.288 e. The highest BCUT2D eigenvalue weighted by molar-refractivity contribution is 7.89. The molecule has 3 heterocycles. The first-order valence-electron chi connectivity index (χ1n) is 6.07. The second-order valence-corrected chi connectivity index (χ2v) is 6.20. The van der Waals surface area contributed by atoms with E-state index in [4.69, 9.17) is 4.42 Å². The minimum atomic E-state index is -3.74. The van der Waals surface area contributed by atoms with Crippen molar-refractivity contribution < 1.29 is 12.8 Å². The number of furan rings is 1. The zero-order valence-electron chi connectivity index (χ0n) is 11.0. The number of fused-ring (bicyclic) bond motifs is 1. The van der Waals surface area contributed by atoms with E-state index in [0.29, 0.717) is 11.6 Å². The topological polar surface area (TPSA) is 109 Å². The molecular weight excluding hydrogens is 296 g/mol. The van der Waals surface area contributed by atoms with Gasteiger partial charge < -0.3 is 4.42 Å². The number of H-pyrrole nitrogens is 1. The van der Waals surface area contributed by atoms with Crippen molar-refractivity contribution in [2.24, 2.45) is 0 Å². The molecule has 0 unspecified atom stereocenters. The van der Waals surface area contributed by atoms with E-state index in [1.54, 1.807) is 19.1 Å². The summed E-state index contributed by atoms with van der Waals surface area (Å²) >= 11 is 0. The Balaban J connectivity index is 1.97. The molecule has 2 N–H and O–H groups in total. The Labute approximate surface area is 119 Å². The van der Waals surface area contributed by atoms with Crippen molar-refractivity contribution in [2.45, 2.75) is 18.4 Å². The standard InChI is InChI=1S/C12H12N4O4S/c1-8-14-15-12(17)11-5-10(7-16(8)11)21(18,19)13-6-9-3-2-4-20-9/h2-5,7,13H,6H2,1H3,(H,15,17). The van der Waals surface area contributed by atoms with Gasteiger partial charge in [0.1, 0.15) is 22.0 Å². The van der Waals surface area contributed by atoms with Crippen LogP contribution in [-0.2, 0) is 16.6 Å². The number of nitrogens with zero attached hydrogens (tertiary/aromatic N) is 2. The van der Waals surface area contributed by atoms with Gasteiger partial charge in [-0.15, -0.1) is 0 Å². The largest absolute Gasteiger partial charge is 0.468 e. The summed E-state index contributed by atoms with van der Waals surface area (Å²) in [5.74, 6) is 0.982. The minimum Gasteiger partial charge on any atom is -0.468 e. The molecule has 0 amide bonds. The van der Waals surface area contributed by atoms with E-state index < -0.39 is 15.6 Å². The lowest BCUT2D eigenvalue weighted by atomic mass is 10.5. The van der Waals surface area contributed by atoms with Gasteiger partial charge in [0.05, 0.1) is 12.8 Å². The second kappa shape index (κ2) is 4.86. The van der Waals surface area contributed by atoms with Gasteiger partial charge in [-0.2, -0.15) is 5.10 Å². The van der Waals surface area contributed by atoms with Crippen molar-refractivity contribution in [2.75, 3.05) is 0 Å². The molecule has 0 fully saturated rings. The Hall–Kier alpha value is -2.39. The number of nitrogens with one attached hydrogen (secondary N) is 2. The monoisotopic (exact) mass is 308 g/mol. The summed E-state index contributed by atoms with van der Waals surface area (Å²) in [6.45, 7) is 1.70. The number of aryl methyl sites for hydroxylation is 1. The van der Waals surface area contributed by atoms with Gasteiger partial charge in [0.25, 0.3) is 5.56 Å². The highest BCUT2D eigenvalue weighted by Gasteiger charge is 2.18. The fourth-order valence-electron chi connectivity index (χ4n) is 1.93. The smallest absolute Gasteiger partial charge is 0.288 e. The van der Waals surface area contributed by atoms with Crippen molar-refractivity contribution in [3.8, 4) is 0 Å². The van der Waals surface area contributed by atoms with E-state index in [0.717, 1.165) is 0 Å². The molecule has 0 spiro atoms. The predicted molar refractivity (Wildman–Crippen MR) is 73.3 cm³/mol. The molecule has 0 bridgehead atoms. The Bertz CT molecular complexity index is 937. The second-order valence-electron chi connectivity index (χ2n) is 4.43. The number of rotatable bonds is 4. The number of aromatic amines is 1. The quantitative estimate of drug-likeness (QED) is 0.725. The molecule has 0 saturated carbocycles. The molecule has 8 nitrogen and oxygen atoms in total. The Morgan fingerprint density at radius 1 is 1.48 bits per heavy atom. The van der Waals surface area contributed by atoms with Crippen LogP contribution in [0, 0.1) is 6.92 Å². The van der Waals surface area contributed by atoms with Gasteiger partial charge in [-0.3, -0.25) is 9.20 Å². The lowest BCUT2D eigenvalue weighted by Gasteiger charge is -2.02. The highest BCUT2D eigenvalue weighted by atomic mass is 32.2. The molecule has 3 aromatic heterocycles. The zero-order chi connectivity index (χ0) is 15.0. The highest BCUT2D eigenvalue weighted by Crippen LogP contribution is 2.14. The third-order valence-corrected chi connectivity index (χ3v) is 4.39. The summed E-state index contributed by atoms with van der Waals surface area (Å²) in [5.41, 5.74) is -0.228. The maximum absolute atomic E-state index is 12.2. The van der Waals surface area contributed by atoms with Crippen molar-refractivity contribution in [1.29, 1.82) is 0 Å². The predicted octanol–water partition coefficient (Wildman–Crippen LogP) is 0.403. The average molecular weight is 308 g/mol. The van der Waals surface area contributed by atoms with Crippen LogP contribution in [0.4, 0.5) is 0 Å². The SMILES string of the molecule is Cc1n[nH]c(=O)c2cc(S(=O)(=O)NCc3ccco3)cn12. The number of hydrogen-bond acceptors (Lipinski definition) is 5. The van der Waals surface area contributed by atoms with Crippen LogP contribution in [0.15, 0.2) is 44.8 Å². The van der Waals surface area contributed by atoms with E-state index in [9.17, 15) is 13.2 Å². The minimum absolute atomic E-state index is 0.00402. The molecule has 0 aliphatic heterocycles. The van der Waals surface area contributed by atoms with Crippen LogP contribution in [0.2, 0.25) is 0 Å². The Morgan fingerprint density at radius 2 is 2.29 bits per heavy atom. The molecule has 0 atom stereocenters. The number of sulfonamides is 1. The summed E-state index contributed by atoms with van der Waals surface area (Å²) < 4.78 is 33.3. The van der Waals surface area contributed by atoms with Gasteiger partial charge in [0.15, 0.2) is 0 Å². The van der Waals surface area contributed by atoms with Crippen molar-refractivity contribution in [3.05, 3.63) is 52.6 Å². The molecule has 0 saturated heterocycles. The molecule has 9 heteroatoms. The van der Waals surface area contributed by atoms with Gasteiger partial charge in [-0.25, -0.2) is 18.2 Å². The summed E-state index contributed by atoms with van der Waals surface area (Å²) in [4.78, 5) is 11.6. The molecule has 0 radical (unpaired) electrons. The zero-order valence-corrected chi connectivity index (χ0v) is 11.8. The fraction of sp³-hybridized carbons (Fsp3) is 0.167. The molecule has 3 rings (SSSR count). The Kier molecular flexibility index (Phi) is 3.15. The van der Waals surface area contributed by atoms with Crippen LogP contribution >= 0.6 is 0 Å². The van der Waals surface area contributed by atoms with Gasteiger partial charge >= 0.3 is 0 Å². The van der Waals surface area contributed by atoms with Gasteiger partial charge in [0, 0.05) is 6.20 Å². The molecule has 0 aliphatic carbocycles. The molecular formula is C12H12N4O4S.